The maximum absolute atomic E-state index is 12.6. The van der Waals surface area contributed by atoms with Crippen LogP contribution in [0, 0.1) is 0 Å². The minimum absolute atomic E-state index is 0.138. The van der Waals surface area contributed by atoms with E-state index in [2.05, 4.69) is 0 Å². The topological polar surface area (TPSA) is 34.1 Å². The highest BCUT2D eigenvalue weighted by atomic mass is 35.5. The van der Waals surface area contributed by atoms with Crippen molar-refractivity contribution in [2.75, 3.05) is 0 Å². The van der Waals surface area contributed by atoms with Gasteiger partial charge in [-0.1, -0.05) is 35.9 Å². The molecule has 0 saturated heterocycles. The molecule has 0 amide bonds. The van der Waals surface area contributed by atoms with Gasteiger partial charge in [-0.3, -0.25) is 9.59 Å². The largest absolute Gasteiger partial charge is 0.416 e. The minimum atomic E-state index is -4.46. The number of alkyl halides is 3. The van der Waals surface area contributed by atoms with Gasteiger partial charge in [0.05, 0.1) is 10.6 Å². The highest BCUT2D eigenvalue weighted by Gasteiger charge is 2.41. The van der Waals surface area contributed by atoms with Crippen molar-refractivity contribution >= 4 is 23.2 Å². The van der Waals surface area contributed by atoms with Crippen LogP contribution < -0.4 is 0 Å². The van der Waals surface area contributed by atoms with Gasteiger partial charge in [0.2, 0.25) is 0 Å². The number of Topliss-reactive ketones (excluding diaryl/α,β-unsaturated/α-hetero) is 2. The summed E-state index contributed by atoms with van der Waals surface area (Å²) in [6.45, 7) is 0. The molecule has 0 aromatic heterocycles. The first-order chi connectivity index (χ1) is 10.3. The van der Waals surface area contributed by atoms with Crippen LogP contribution in [0.3, 0.4) is 0 Å². The predicted molar refractivity (Wildman–Crippen MR) is 74.3 cm³/mol. The van der Waals surface area contributed by atoms with Crippen molar-refractivity contribution in [3.8, 4) is 0 Å². The van der Waals surface area contributed by atoms with Crippen molar-refractivity contribution < 1.29 is 22.8 Å². The molecule has 2 aromatic carbocycles. The van der Waals surface area contributed by atoms with E-state index >= 15 is 0 Å². The molecule has 1 unspecified atom stereocenters. The molecule has 0 heterocycles. The van der Waals surface area contributed by atoms with E-state index in [0.717, 1.165) is 24.3 Å². The van der Waals surface area contributed by atoms with Gasteiger partial charge in [0.15, 0.2) is 11.6 Å². The average Bonchev–Trinajstić information content (AvgIpc) is 2.71. The summed E-state index contributed by atoms with van der Waals surface area (Å²) in [5, 5.41) is 0.172. The van der Waals surface area contributed by atoms with E-state index in [0.29, 0.717) is 0 Å². The van der Waals surface area contributed by atoms with E-state index in [1.807, 2.05) is 0 Å². The molecule has 3 rings (SSSR count). The summed E-state index contributed by atoms with van der Waals surface area (Å²) in [6, 6.07) is 8.58. The van der Waals surface area contributed by atoms with E-state index in [9.17, 15) is 22.8 Å². The normalized spacial score (nSPS) is 17.7. The fourth-order valence-electron chi connectivity index (χ4n) is 2.57. The molecule has 1 aliphatic rings. The van der Waals surface area contributed by atoms with Crippen molar-refractivity contribution in [2.24, 2.45) is 0 Å². The molecular weight excluding hydrogens is 317 g/mol. The van der Waals surface area contributed by atoms with Crippen LogP contribution in [0.4, 0.5) is 13.2 Å². The van der Waals surface area contributed by atoms with Gasteiger partial charge in [-0.05, 0) is 23.8 Å². The van der Waals surface area contributed by atoms with Gasteiger partial charge >= 0.3 is 6.18 Å². The Bertz CT molecular complexity index is 779. The lowest BCUT2D eigenvalue weighted by Gasteiger charge is -2.10. The fourth-order valence-corrected chi connectivity index (χ4v) is 2.83. The Morgan fingerprint density at radius 1 is 0.909 bits per heavy atom. The molecule has 0 radical (unpaired) electrons. The molecular formula is C16H8ClF3O2. The number of fused-ring (bicyclic) bond motifs is 1. The van der Waals surface area contributed by atoms with Crippen LogP contribution in [0.25, 0.3) is 0 Å². The molecule has 1 atom stereocenters. The fraction of sp³-hybridized carbons (Fsp3) is 0.125. The number of halogens is 4. The van der Waals surface area contributed by atoms with E-state index in [1.165, 1.54) is 12.1 Å². The van der Waals surface area contributed by atoms with Gasteiger partial charge in [0.25, 0.3) is 0 Å². The quantitative estimate of drug-likeness (QED) is 0.723. The number of carbonyl (C=O) groups is 2. The first kappa shape index (κ1) is 14.8. The number of ketones is 2. The third-order valence-corrected chi connectivity index (χ3v) is 3.94. The molecule has 2 aromatic rings. The molecule has 0 saturated carbocycles. The molecule has 6 heteroatoms. The van der Waals surface area contributed by atoms with E-state index in [1.54, 1.807) is 6.07 Å². The van der Waals surface area contributed by atoms with Gasteiger partial charge in [-0.25, -0.2) is 0 Å². The molecule has 0 N–H and O–H groups in total. The Hall–Kier alpha value is -2.14. The van der Waals surface area contributed by atoms with Crippen molar-refractivity contribution in [2.45, 2.75) is 12.1 Å². The number of rotatable bonds is 1. The summed E-state index contributed by atoms with van der Waals surface area (Å²) < 4.78 is 37.7. The monoisotopic (exact) mass is 324 g/mol. The molecule has 1 aliphatic carbocycles. The highest BCUT2D eigenvalue weighted by molar-refractivity contribution is 6.39. The molecule has 2 nitrogen and oxygen atoms in total. The third kappa shape index (κ3) is 2.22. The second kappa shape index (κ2) is 4.95. The zero-order chi connectivity index (χ0) is 16.1. The van der Waals surface area contributed by atoms with Gasteiger partial charge in [0.1, 0.15) is 5.92 Å². The average molecular weight is 325 g/mol. The molecule has 22 heavy (non-hydrogen) atoms. The Labute approximate surface area is 128 Å². The summed E-state index contributed by atoms with van der Waals surface area (Å²) >= 11 is 5.95. The van der Waals surface area contributed by atoms with Crippen LogP contribution in [0.2, 0.25) is 5.02 Å². The van der Waals surface area contributed by atoms with E-state index < -0.39 is 29.2 Å². The van der Waals surface area contributed by atoms with Crippen molar-refractivity contribution in [3.05, 3.63) is 69.7 Å². The lowest BCUT2D eigenvalue weighted by molar-refractivity contribution is -0.137. The van der Waals surface area contributed by atoms with Crippen LogP contribution in [0.15, 0.2) is 42.5 Å². The summed E-state index contributed by atoms with van der Waals surface area (Å²) in [7, 11) is 0. The summed E-state index contributed by atoms with van der Waals surface area (Å²) in [5.74, 6) is -2.05. The number of hydrogen-bond acceptors (Lipinski definition) is 2. The maximum Gasteiger partial charge on any atom is 0.416 e. The van der Waals surface area contributed by atoms with Crippen LogP contribution in [-0.4, -0.2) is 11.6 Å². The van der Waals surface area contributed by atoms with Crippen LogP contribution in [-0.2, 0) is 6.18 Å². The van der Waals surface area contributed by atoms with E-state index in [-0.39, 0.29) is 21.7 Å². The highest BCUT2D eigenvalue weighted by Crippen LogP contribution is 2.38. The third-order valence-electron chi connectivity index (χ3n) is 3.62. The zero-order valence-corrected chi connectivity index (χ0v) is 11.7. The second-order valence-corrected chi connectivity index (χ2v) is 5.35. The minimum Gasteiger partial charge on any atom is -0.293 e. The first-order valence-corrected chi connectivity index (χ1v) is 6.72. The van der Waals surface area contributed by atoms with Gasteiger partial charge in [-0.15, -0.1) is 0 Å². The summed E-state index contributed by atoms with van der Waals surface area (Å²) in [6.07, 6.45) is -4.46. The lowest BCUT2D eigenvalue weighted by Crippen LogP contribution is -2.13. The Kier molecular flexibility index (Phi) is 3.33. The molecule has 0 fully saturated rings. The molecule has 0 aliphatic heterocycles. The Morgan fingerprint density at radius 3 is 2.09 bits per heavy atom. The number of carbonyl (C=O) groups excluding carboxylic acids is 2. The maximum atomic E-state index is 12.6. The number of benzene rings is 2. The van der Waals surface area contributed by atoms with Gasteiger partial charge < -0.3 is 0 Å². The smallest absolute Gasteiger partial charge is 0.293 e. The van der Waals surface area contributed by atoms with Crippen LogP contribution in [0.5, 0.6) is 0 Å². The zero-order valence-electron chi connectivity index (χ0n) is 10.9. The summed E-state index contributed by atoms with van der Waals surface area (Å²) in [4.78, 5) is 24.7. The van der Waals surface area contributed by atoms with E-state index in [4.69, 9.17) is 11.6 Å². The van der Waals surface area contributed by atoms with Crippen LogP contribution in [0.1, 0.15) is 37.8 Å². The van der Waals surface area contributed by atoms with Crippen LogP contribution >= 0.6 is 11.6 Å². The van der Waals surface area contributed by atoms with Gasteiger partial charge in [-0.2, -0.15) is 13.2 Å². The second-order valence-electron chi connectivity index (χ2n) is 4.94. The molecule has 0 spiro atoms. The summed E-state index contributed by atoms with van der Waals surface area (Å²) in [5.41, 5.74) is -0.249. The Balaban J connectivity index is 2.03. The molecule has 0 bridgehead atoms. The predicted octanol–water partition coefficient (Wildman–Crippen LogP) is 4.52. The standard InChI is InChI=1S/C16H8ClF3O2/c17-11-3-1-2-10-13(11)15(22)12(14(10)21)8-4-6-9(7-5-8)16(18,19)20/h1-7,12H. The van der Waals surface area contributed by atoms with Crippen molar-refractivity contribution in [3.63, 3.8) is 0 Å². The number of hydrogen-bond donors (Lipinski definition) is 0. The van der Waals surface area contributed by atoms with Crippen molar-refractivity contribution in [1.29, 1.82) is 0 Å². The SMILES string of the molecule is O=C1c2cccc(Cl)c2C(=O)C1c1ccc(C(F)(F)F)cc1. The Morgan fingerprint density at radius 2 is 1.55 bits per heavy atom. The lowest BCUT2D eigenvalue weighted by atomic mass is 9.93. The molecule has 112 valence electrons. The van der Waals surface area contributed by atoms with Crippen molar-refractivity contribution in [1.82, 2.24) is 0 Å². The van der Waals surface area contributed by atoms with Gasteiger partial charge in [0, 0.05) is 11.1 Å². The first-order valence-electron chi connectivity index (χ1n) is 6.35.